The van der Waals surface area contributed by atoms with Gasteiger partial charge in [0.15, 0.2) is 0 Å². The second-order valence-corrected chi connectivity index (χ2v) is 8.71. The van der Waals surface area contributed by atoms with Crippen molar-refractivity contribution in [1.82, 2.24) is 5.32 Å². The van der Waals surface area contributed by atoms with Crippen molar-refractivity contribution in [2.45, 2.75) is 18.4 Å². The van der Waals surface area contributed by atoms with Crippen LogP contribution in [-0.4, -0.2) is 34.6 Å². The minimum absolute atomic E-state index is 0.0919. The third-order valence-electron chi connectivity index (χ3n) is 4.70. The van der Waals surface area contributed by atoms with E-state index < -0.39 is 22.5 Å². The Kier molecular flexibility index (Phi) is 7.72. The molecule has 3 aromatic rings. The minimum Gasteiger partial charge on any atom is -0.497 e. The second-order valence-electron chi connectivity index (χ2n) is 6.85. The summed E-state index contributed by atoms with van der Waals surface area (Å²) in [4.78, 5) is 12.9. The molecule has 0 heterocycles. The van der Waals surface area contributed by atoms with Gasteiger partial charge in [-0.3, -0.25) is 9.10 Å². The van der Waals surface area contributed by atoms with E-state index in [0.29, 0.717) is 23.8 Å². The normalized spacial score (nSPS) is 10.9. The number of ether oxygens (including phenoxy) is 2. The molecule has 0 radical (unpaired) electrons. The van der Waals surface area contributed by atoms with Gasteiger partial charge in [-0.05, 0) is 48.9 Å². The predicted molar refractivity (Wildman–Crippen MR) is 123 cm³/mol. The zero-order chi connectivity index (χ0) is 23.0. The smallest absolute Gasteiger partial charge is 0.264 e. The fraction of sp³-hybridized carbons (Fsp3) is 0.208. The van der Waals surface area contributed by atoms with Crippen molar-refractivity contribution in [2.75, 3.05) is 24.6 Å². The molecule has 0 aliphatic carbocycles. The van der Waals surface area contributed by atoms with Gasteiger partial charge in [-0.15, -0.1) is 0 Å². The number of sulfonamides is 1. The van der Waals surface area contributed by atoms with Crippen molar-refractivity contribution in [1.29, 1.82) is 0 Å². The number of nitrogens with one attached hydrogen (secondary N) is 1. The molecule has 168 valence electrons. The van der Waals surface area contributed by atoms with Crippen LogP contribution in [-0.2, 0) is 21.4 Å². The highest BCUT2D eigenvalue weighted by molar-refractivity contribution is 7.92. The summed E-state index contributed by atoms with van der Waals surface area (Å²) in [5, 5.41) is 2.79. The maximum absolute atomic E-state index is 13.4. The Morgan fingerprint density at radius 2 is 1.59 bits per heavy atom. The molecule has 0 fully saturated rings. The molecule has 3 rings (SSSR count). The van der Waals surface area contributed by atoms with Crippen LogP contribution >= 0.6 is 0 Å². The Labute approximate surface area is 188 Å². The molecule has 1 N–H and O–H groups in total. The number of benzene rings is 3. The molecule has 32 heavy (non-hydrogen) atoms. The van der Waals surface area contributed by atoms with Crippen LogP contribution in [0.3, 0.4) is 0 Å². The lowest BCUT2D eigenvalue weighted by Crippen LogP contribution is -2.40. The van der Waals surface area contributed by atoms with Crippen molar-refractivity contribution in [3.05, 3.63) is 84.4 Å². The van der Waals surface area contributed by atoms with E-state index in [1.807, 2.05) is 19.1 Å². The van der Waals surface area contributed by atoms with Crippen LogP contribution in [0.4, 0.5) is 5.69 Å². The van der Waals surface area contributed by atoms with Crippen LogP contribution in [0, 0.1) is 0 Å². The first-order valence-corrected chi connectivity index (χ1v) is 11.6. The molecule has 0 aliphatic rings. The van der Waals surface area contributed by atoms with E-state index >= 15 is 0 Å². The van der Waals surface area contributed by atoms with Gasteiger partial charge in [0.2, 0.25) is 5.91 Å². The Hall–Kier alpha value is -3.52. The van der Waals surface area contributed by atoms with E-state index in [4.69, 9.17) is 9.47 Å². The van der Waals surface area contributed by atoms with Crippen LogP contribution in [0.25, 0.3) is 0 Å². The Balaban J connectivity index is 1.86. The number of nitrogens with zero attached hydrogens (tertiary/aromatic N) is 1. The van der Waals surface area contributed by atoms with Crippen molar-refractivity contribution >= 4 is 21.6 Å². The number of carbonyl (C=O) groups excluding carboxylic acids is 1. The molecule has 0 bridgehead atoms. The third kappa shape index (κ3) is 5.59. The summed E-state index contributed by atoms with van der Waals surface area (Å²) in [6.07, 6.45) is 0. The van der Waals surface area contributed by atoms with Crippen LogP contribution in [0.5, 0.6) is 11.5 Å². The lowest BCUT2D eigenvalue weighted by Gasteiger charge is -2.26. The van der Waals surface area contributed by atoms with E-state index in [0.717, 1.165) is 9.87 Å². The summed E-state index contributed by atoms with van der Waals surface area (Å²) in [6, 6.07) is 22.1. The van der Waals surface area contributed by atoms with Crippen LogP contribution < -0.4 is 19.1 Å². The topological polar surface area (TPSA) is 84.9 Å². The standard InChI is InChI=1S/C24H26N2O5S/c1-3-31-23-12-8-7-11-22(23)26(32(28,29)21-9-5-4-6-10-21)18-24(27)25-17-19-13-15-20(30-2)16-14-19/h4-16H,3,17-18H2,1-2H3,(H,25,27). The average molecular weight is 455 g/mol. The number of methoxy groups -OCH3 is 1. The van der Waals surface area contributed by atoms with Gasteiger partial charge in [-0.1, -0.05) is 42.5 Å². The molecule has 0 spiro atoms. The molecule has 0 atom stereocenters. The van der Waals surface area contributed by atoms with Crippen molar-refractivity contribution in [3.63, 3.8) is 0 Å². The average Bonchev–Trinajstić information content (AvgIpc) is 2.83. The first-order valence-electron chi connectivity index (χ1n) is 10.1. The molecule has 8 heteroatoms. The number of hydrogen-bond donors (Lipinski definition) is 1. The molecule has 0 unspecified atom stereocenters. The minimum atomic E-state index is -4.01. The quantitative estimate of drug-likeness (QED) is 0.506. The molecule has 0 saturated carbocycles. The Bertz CT molecular complexity index is 1130. The fourth-order valence-electron chi connectivity index (χ4n) is 3.09. The summed E-state index contributed by atoms with van der Waals surface area (Å²) in [6.45, 7) is 2.04. The van der Waals surface area contributed by atoms with E-state index in [1.54, 1.807) is 61.7 Å². The number of anilines is 1. The van der Waals surface area contributed by atoms with Gasteiger partial charge in [0.05, 0.1) is 24.3 Å². The van der Waals surface area contributed by atoms with Gasteiger partial charge in [0, 0.05) is 6.54 Å². The molecule has 0 aromatic heterocycles. The van der Waals surface area contributed by atoms with Crippen LogP contribution in [0.15, 0.2) is 83.8 Å². The number of hydrogen-bond acceptors (Lipinski definition) is 5. The highest BCUT2D eigenvalue weighted by Gasteiger charge is 2.29. The number of para-hydroxylation sites is 2. The van der Waals surface area contributed by atoms with Gasteiger partial charge in [-0.2, -0.15) is 0 Å². The van der Waals surface area contributed by atoms with Gasteiger partial charge in [0.25, 0.3) is 10.0 Å². The maximum atomic E-state index is 13.4. The van der Waals surface area contributed by atoms with Crippen molar-refractivity contribution < 1.29 is 22.7 Å². The highest BCUT2D eigenvalue weighted by Crippen LogP contribution is 2.32. The van der Waals surface area contributed by atoms with Crippen molar-refractivity contribution in [2.24, 2.45) is 0 Å². The number of carbonyl (C=O) groups is 1. The molecule has 7 nitrogen and oxygen atoms in total. The molecule has 0 saturated heterocycles. The van der Waals surface area contributed by atoms with E-state index in [1.165, 1.54) is 12.1 Å². The lowest BCUT2D eigenvalue weighted by atomic mass is 10.2. The lowest BCUT2D eigenvalue weighted by molar-refractivity contribution is -0.119. The summed E-state index contributed by atoms with van der Waals surface area (Å²) < 4.78 is 38.7. The monoisotopic (exact) mass is 454 g/mol. The molecule has 3 aromatic carbocycles. The first kappa shape index (κ1) is 23.1. The molecular weight excluding hydrogens is 428 g/mol. The predicted octanol–water partition coefficient (Wildman–Crippen LogP) is 3.61. The molecule has 1 amide bonds. The summed E-state index contributed by atoms with van der Waals surface area (Å²) in [7, 11) is -2.42. The Morgan fingerprint density at radius 3 is 2.25 bits per heavy atom. The second kappa shape index (κ2) is 10.7. The highest BCUT2D eigenvalue weighted by atomic mass is 32.2. The van der Waals surface area contributed by atoms with Gasteiger partial charge < -0.3 is 14.8 Å². The zero-order valence-electron chi connectivity index (χ0n) is 18.0. The Morgan fingerprint density at radius 1 is 0.938 bits per heavy atom. The molecule has 0 aliphatic heterocycles. The summed E-state index contributed by atoms with van der Waals surface area (Å²) in [5.74, 6) is 0.664. The van der Waals surface area contributed by atoms with Gasteiger partial charge in [0.1, 0.15) is 18.0 Å². The fourth-order valence-corrected chi connectivity index (χ4v) is 4.54. The zero-order valence-corrected chi connectivity index (χ0v) is 18.8. The largest absolute Gasteiger partial charge is 0.497 e. The van der Waals surface area contributed by atoms with Crippen LogP contribution in [0.1, 0.15) is 12.5 Å². The molecular formula is C24H26N2O5S. The van der Waals surface area contributed by atoms with Gasteiger partial charge >= 0.3 is 0 Å². The van der Waals surface area contributed by atoms with E-state index in [2.05, 4.69) is 5.32 Å². The number of rotatable bonds is 10. The van der Waals surface area contributed by atoms with E-state index in [-0.39, 0.29) is 11.4 Å². The maximum Gasteiger partial charge on any atom is 0.264 e. The van der Waals surface area contributed by atoms with Crippen molar-refractivity contribution in [3.8, 4) is 11.5 Å². The van der Waals surface area contributed by atoms with Crippen LogP contribution in [0.2, 0.25) is 0 Å². The van der Waals surface area contributed by atoms with E-state index in [9.17, 15) is 13.2 Å². The SMILES string of the molecule is CCOc1ccccc1N(CC(=O)NCc1ccc(OC)cc1)S(=O)(=O)c1ccccc1. The van der Waals surface area contributed by atoms with Gasteiger partial charge in [-0.25, -0.2) is 8.42 Å². The number of amides is 1. The summed E-state index contributed by atoms with van der Waals surface area (Å²) in [5.41, 5.74) is 1.17. The third-order valence-corrected chi connectivity index (χ3v) is 6.47. The summed E-state index contributed by atoms with van der Waals surface area (Å²) >= 11 is 0. The first-order chi connectivity index (χ1) is 15.5.